The largest absolute Gasteiger partial charge is 0.353 e. The Morgan fingerprint density at radius 3 is 2.56 bits per heavy atom. The maximum absolute atomic E-state index is 12.4. The van der Waals surface area contributed by atoms with Crippen LogP contribution in [0.15, 0.2) is 0 Å². The second kappa shape index (κ2) is 5.20. The molecule has 0 aromatic carbocycles. The summed E-state index contributed by atoms with van der Waals surface area (Å²) in [6.07, 6.45) is 6.53. The molecule has 2 aliphatic rings. The standard InChI is InChI=1S/C15H28N2O/c1-10-7-11(9-12(16)8-10)14(18)17-13-5-4-6-15(13,2)3/h10-13H,4-9,16H2,1-3H3,(H,17,18). The summed E-state index contributed by atoms with van der Waals surface area (Å²) in [5, 5.41) is 3.29. The van der Waals surface area contributed by atoms with Crippen LogP contribution in [0.1, 0.15) is 59.3 Å². The maximum Gasteiger partial charge on any atom is 0.223 e. The monoisotopic (exact) mass is 252 g/mol. The third-order valence-electron chi connectivity index (χ3n) is 4.92. The highest BCUT2D eigenvalue weighted by molar-refractivity contribution is 5.79. The van der Waals surface area contributed by atoms with Crippen molar-refractivity contribution in [1.82, 2.24) is 5.32 Å². The molecule has 0 aromatic heterocycles. The number of nitrogens with two attached hydrogens (primary N) is 1. The Morgan fingerprint density at radius 1 is 1.28 bits per heavy atom. The summed E-state index contributed by atoms with van der Waals surface area (Å²) in [5.74, 6) is 0.971. The highest BCUT2D eigenvalue weighted by atomic mass is 16.2. The van der Waals surface area contributed by atoms with Gasteiger partial charge in [-0.05, 0) is 43.4 Å². The fourth-order valence-corrected chi connectivity index (χ4v) is 3.75. The zero-order valence-electron chi connectivity index (χ0n) is 12.0. The van der Waals surface area contributed by atoms with Crippen LogP contribution in [-0.2, 0) is 4.79 Å². The summed E-state index contributed by atoms with van der Waals surface area (Å²) in [6, 6.07) is 0.569. The first-order valence-electron chi connectivity index (χ1n) is 7.44. The molecule has 2 saturated carbocycles. The van der Waals surface area contributed by atoms with Crippen LogP contribution in [0.4, 0.5) is 0 Å². The van der Waals surface area contributed by atoms with E-state index in [0.717, 1.165) is 25.7 Å². The van der Waals surface area contributed by atoms with Gasteiger partial charge in [0.15, 0.2) is 0 Å². The normalized spacial score (nSPS) is 39.6. The van der Waals surface area contributed by atoms with E-state index in [1.165, 1.54) is 12.8 Å². The molecule has 4 atom stereocenters. The Balaban J connectivity index is 1.91. The summed E-state index contributed by atoms with van der Waals surface area (Å²) >= 11 is 0. The van der Waals surface area contributed by atoms with E-state index in [9.17, 15) is 4.79 Å². The van der Waals surface area contributed by atoms with Crippen LogP contribution in [-0.4, -0.2) is 18.0 Å². The first-order valence-corrected chi connectivity index (χ1v) is 7.44. The summed E-state index contributed by atoms with van der Waals surface area (Å²) in [5.41, 5.74) is 6.30. The summed E-state index contributed by atoms with van der Waals surface area (Å²) in [6.45, 7) is 6.74. The van der Waals surface area contributed by atoms with Crippen LogP contribution in [0.2, 0.25) is 0 Å². The van der Waals surface area contributed by atoms with Crippen molar-refractivity contribution in [3.63, 3.8) is 0 Å². The number of rotatable bonds is 2. The van der Waals surface area contributed by atoms with Crippen molar-refractivity contribution >= 4 is 5.91 Å². The van der Waals surface area contributed by atoms with Gasteiger partial charge in [0.05, 0.1) is 0 Å². The maximum atomic E-state index is 12.4. The molecule has 104 valence electrons. The first kappa shape index (κ1) is 13.9. The van der Waals surface area contributed by atoms with E-state index >= 15 is 0 Å². The van der Waals surface area contributed by atoms with Crippen molar-refractivity contribution < 1.29 is 4.79 Å². The van der Waals surface area contributed by atoms with Crippen LogP contribution < -0.4 is 11.1 Å². The van der Waals surface area contributed by atoms with Crippen LogP contribution in [0.3, 0.4) is 0 Å². The summed E-state index contributed by atoms with van der Waals surface area (Å²) in [7, 11) is 0. The minimum atomic E-state index is 0.139. The number of amides is 1. The molecule has 0 aromatic rings. The van der Waals surface area contributed by atoms with Crippen LogP contribution >= 0.6 is 0 Å². The molecule has 0 heterocycles. The van der Waals surface area contributed by atoms with E-state index in [1.54, 1.807) is 0 Å². The van der Waals surface area contributed by atoms with Crippen molar-refractivity contribution in [3.8, 4) is 0 Å². The molecule has 0 saturated heterocycles. The molecule has 2 aliphatic carbocycles. The van der Waals surface area contributed by atoms with Gasteiger partial charge in [-0.15, -0.1) is 0 Å². The van der Waals surface area contributed by atoms with E-state index in [1.807, 2.05) is 0 Å². The molecular weight excluding hydrogens is 224 g/mol. The Morgan fingerprint density at radius 2 is 2.00 bits per heavy atom. The lowest BCUT2D eigenvalue weighted by Crippen LogP contribution is -2.47. The van der Waals surface area contributed by atoms with E-state index < -0.39 is 0 Å². The van der Waals surface area contributed by atoms with Crippen molar-refractivity contribution in [2.75, 3.05) is 0 Å². The number of carbonyl (C=O) groups excluding carboxylic acids is 1. The van der Waals surface area contributed by atoms with Crippen molar-refractivity contribution in [1.29, 1.82) is 0 Å². The van der Waals surface area contributed by atoms with Gasteiger partial charge in [0, 0.05) is 18.0 Å². The van der Waals surface area contributed by atoms with Gasteiger partial charge in [0.25, 0.3) is 0 Å². The topological polar surface area (TPSA) is 55.1 Å². The number of carbonyl (C=O) groups is 1. The molecule has 4 unspecified atom stereocenters. The lowest BCUT2D eigenvalue weighted by atomic mass is 9.79. The van der Waals surface area contributed by atoms with Gasteiger partial charge in [-0.1, -0.05) is 27.2 Å². The molecule has 3 N–H and O–H groups in total. The second-order valence-electron chi connectivity index (χ2n) is 7.21. The highest BCUT2D eigenvalue weighted by Gasteiger charge is 2.37. The lowest BCUT2D eigenvalue weighted by Gasteiger charge is -2.33. The molecule has 2 rings (SSSR count). The predicted molar refractivity (Wildman–Crippen MR) is 74.0 cm³/mol. The molecular formula is C15H28N2O. The van der Waals surface area contributed by atoms with Gasteiger partial charge in [-0.3, -0.25) is 4.79 Å². The quantitative estimate of drug-likeness (QED) is 0.793. The van der Waals surface area contributed by atoms with Crippen LogP contribution in [0, 0.1) is 17.3 Å². The zero-order valence-corrected chi connectivity index (χ0v) is 12.0. The predicted octanol–water partition coefficient (Wildman–Crippen LogP) is 2.44. The molecule has 0 spiro atoms. The number of hydrogen-bond donors (Lipinski definition) is 2. The zero-order chi connectivity index (χ0) is 13.3. The molecule has 0 aliphatic heterocycles. The second-order valence-corrected chi connectivity index (χ2v) is 7.21. The van der Waals surface area contributed by atoms with Crippen LogP contribution in [0.5, 0.6) is 0 Å². The summed E-state index contributed by atoms with van der Waals surface area (Å²) < 4.78 is 0. The van der Waals surface area contributed by atoms with Gasteiger partial charge in [0.2, 0.25) is 5.91 Å². The van der Waals surface area contributed by atoms with Gasteiger partial charge in [0.1, 0.15) is 0 Å². The SMILES string of the molecule is CC1CC(N)CC(C(=O)NC2CCCC2(C)C)C1. The minimum Gasteiger partial charge on any atom is -0.353 e. The molecule has 1 amide bonds. The smallest absolute Gasteiger partial charge is 0.223 e. The van der Waals surface area contributed by atoms with Gasteiger partial charge >= 0.3 is 0 Å². The average Bonchev–Trinajstić information content (AvgIpc) is 2.57. The van der Waals surface area contributed by atoms with Crippen LogP contribution in [0.25, 0.3) is 0 Å². The summed E-state index contributed by atoms with van der Waals surface area (Å²) in [4.78, 5) is 12.4. The van der Waals surface area contributed by atoms with E-state index in [2.05, 4.69) is 26.1 Å². The highest BCUT2D eigenvalue weighted by Crippen LogP contribution is 2.38. The van der Waals surface area contributed by atoms with Crippen molar-refractivity contribution in [2.24, 2.45) is 23.0 Å². The van der Waals surface area contributed by atoms with E-state index in [-0.39, 0.29) is 23.3 Å². The minimum absolute atomic E-state index is 0.139. The van der Waals surface area contributed by atoms with E-state index in [0.29, 0.717) is 12.0 Å². The molecule has 3 heteroatoms. The Hall–Kier alpha value is -0.570. The third kappa shape index (κ3) is 3.05. The van der Waals surface area contributed by atoms with Gasteiger partial charge in [-0.25, -0.2) is 0 Å². The number of nitrogens with one attached hydrogen (secondary N) is 1. The van der Waals surface area contributed by atoms with Gasteiger partial charge < -0.3 is 11.1 Å². The Bertz CT molecular complexity index is 304. The Labute approximate surface area is 111 Å². The Kier molecular flexibility index (Phi) is 4.00. The molecule has 0 bridgehead atoms. The molecule has 0 radical (unpaired) electrons. The lowest BCUT2D eigenvalue weighted by molar-refractivity contribution is -0.128. The van der Waals surface area contributed by atoms with Gasteiger partial charge in [-0.2, -0.15) is 0 Å². The third-order valence-corrected chi connectivity index (χ3v) is 4.92. The van der Waals surface area contributed by atoms with Crippen molar-refractivity contribution in [2.45, 2.75) is 71.4 Å². The average molecular weight is 252 g/mol. The molecule has 18 heavy (non-hydrogen) atoms. The number of hydrogen-bond acceptors (Lipinski definition) is 2. The fraction of sp³-hybridized carbons (Fsp3) is 0.933. The fourth-order valence-electron chi connectivity index (χ4n) is 3.75. The molecule has 2 fully saturated rings. The van der Waals surface area contributed by atoms with E-state index in [4.69, 9.17) is 5.73 Å². The first-order chi connectivity index (χ1) is 8.38. The molecule has 3 nitrogen and oxygen atoms in total. The van der Waals surface area contributed by atoms with Crippen molar-refractivity contribution in [3.05, 3.63) is 0 Å².